The van der Waals surface area contributed by atoms with E-state index in [9.17, 15) is 4.79 Å². The second-order valence-electron chi connectivity index (χ2n) is 8.62. The van der Waals surface area contributed by atoms with Gasteiger partial charge in [-0.2, -0.15) is 0 Å². The lowest BCUT2D eigenvalue weighted by Gasteiger charge is -2.20. The van der Waals surface area contributed by atoms with E-state index in [1.165, 1.54) is 19.8 Å². The molecule has 1 aliphatic heterocycles. The van der Waals surface area contributed by atoms with Gasteiger partial charge in [-0.05, 0) is 68.5 Å². The summed E-state index contributed by atoms with van der Waals surface area (Å²) in [5, 5.41) is 2.85. The number of benzene rings is 2. The molecule has 2 aliphatic rings. The van der Waals surface area contributed by atoms with Gasteiger partial charge in [0.05, 0.1) is 19.3 Å². The van der Waals surface area contributed by atoms with Crippen molar-refractivity contribution in [3.8, 4) is 17.2 Å². The van der Waals surface area contributed by atoms with E-state index in [4.69, 9.17) is 14.2 Å². The van der Waals surface area contributed by atoms with Gasteiger partial charge in [0.25, 0.3) is 0 Å². The normalized spacial score (nSPS) is 19.2. The number of nitrogens with zero attached hydrogens (tertiary/aromatic N) is 1. The van der Waals surface area contributed by atoms with E-state index < -0.39 is 0 Å². The maximum absolute atomic E-state index is 11.1. The summed E-state index contributed by atoms with van der Waals surface area (Å²) in [6, 6.07) is 16.0. The molecule has 6 heteroatoms. The highest BCUT2D eigenvalue weighted by molar-refractivity contribution is 5.73. The van der Waals surface area contributed by atoms with Gasteiger partial charge in [0.15, 0.2) is 0 Å². The molecule has 1 saturated carbocycles. The number of carbonyl (C=O) groups excluding carboxylic acids is 1. The third kappa shape index (κ3) is 6.62. The molecule has 2 aromatic rings. The molecule has 31 heavy (non-hydrogen) atoms. The first-order chi connectivity index (χ1) is 15.0. The summed E-state index contributed by atoms with van der Waals surface area (Å²) in [5.41, 5.74) is 1.16. The van der Waals surface area contributed by atoms with Gasteiger partial charge in [-0.3, -0.25) is 4.79 Å². The molecule has 2 unspecified atom stereocenters. The van der Waals surface area contributed by atoms with Crippen molar-refractivity contribution in [3.05, 3.63) is 48.5 Å². The minimum absolute atomic E-state index is 0.0241. The molecule has 4 rings (SSSR count). The summed E-state index contributed by atoms with van der Waals surface area (Å²) in [6.45, 7) is 6.63. The Morgan fingerprint density at radius 2 is 1.87 bits per heavy atom. The van der Waals surface area contributed by atoms with Crippen LogP contribution in [-0.4, -0.2) is 44.4 Å². The van der Waals surface area contributed by atoms with Gasteiger partial charge in [0, 0.05) is 37.8 Å². The lowest BCUT2D eigenvalue weighted by Crippen LogP contribution is -2.36. The smallest absolute Gasteiger partial charge is 0.217 e. The monoisotopic (exact) mass is 424 g/mol. The molecule has 1 aliphatic carbocycles. The van der Waals surface area contributed by atoms with E-state index >= 15 is 0 Å². The topological polar surface area (TPSA) is 60.0 Å². The quantitative estimate of drug-likeness (QED) is 0.613. The Hall–Kier alpha value is -2.73. The van der Waals surface area contributed by atoms with Gasteiger partial charge in [-0.25, -0.2) is 0 Å². The van der Waals surface area contributed by atoms with Crippen molar-refractivity contribution in [1.29, 1.82) is 0 Å². The zero-order valence-corrected chi connectivity index (χ0v) is 18.4. The van der Waals surface area contributed by atoms with Crippen LogP contribution in [-0.2, 0) is 9.53 Å². The van der Waals surface area contributed by atoms with Crippen molar-refractivity contribution >= 4 is 11.6 Å². The van der Waals surface area contributed by atoms with Crippen LogP contribution in [0.25, 0.3) is 0 Å². The van der Waals surface area contributed by atoms with Gasteiger partial charge >= 0.3 is 0 Å². The molecule has 1 N–H and O–H groups in total. The predicted octanol–water partition coefficient (Wildman–Crippen LogP) is 4.39. The van der Waals surface area contributed by atoms with Crippen molar-refractivity contribution in [2.24, 2.45) is 5.92 Å². The number of rotatable bonds is 10. The highest BCUT2D eigenvalue weighted by Crippen LogP contribution is 2.31. The van der Waals surface area contributed by atoms with Crippen LogP contribution < -0.4 is 19.7 Å². The Kier molecular flexibility index (Phi) is 6.97. The van der Waals surface area contributed by atoms with Gasteiger partial charge < -0.3 is 24.4 Å². The van der Waals surface area contributed by atoms with Crippen LogP contribution in [0.15, 0.2) is 48.5 Å². The predicted molar refractivity (Wildman–Crippen MR) is 121 cm³/mol. The highest BCUT2D eigenvalue weighted by Gasteiger charge is 2.24. The minimum atomic E-state index is -0.0241. The lowest BCUT2D eigenvalue weighted by atomic mass is 10.2. The van der Waals surface area contributed by atoms with E-state index in [0.29, 0.717) is 6.61 Å². The number of ether oxygens (including phenoxy) is 3. The zero-order chi connectivity index (χ0) is 21.6. The van der Waals surface area contributed by atoms with E-state index in [0.717, 1.165) is 55.0 Å². The molecule has 0 aromatic heterocycles. The zero-order valence-electron chi connectivity index (χ0n) is 18.4. The van der Waals surface area contributed by atoms with Crippen molar-refractivity contribution in [2.75, 3.05) is 31.2 Å². The van der Waals surface area contributed by atoms with Crippen LogP contribution in [0.4, 0.5) is 5.69 Å². The van der Waals surface area contributed by atoms with Crippen LogP contribution in [0, 0.1) is 5.92 Å². The largest absolute Gasteiger partial charge is 0.493 e. The Morgan fingerprint density at radius 1 is 1.10 bits per heavy atom. The minimum Gasteiger partial charge on any atom is -0.493 e. The molecule has 1 heterocycles. The van der Waals surface area contributed by atoms with E-state index in [-0.39, 0.29) is 18.1 Å². The molecule has 0 spiro atoms. The number of hydrogen-bond donors (Lipinski definition) is 1. The molecular formula is C25H32N2O4. The van der Waals surface area contributed by atoms with Crippen molar-refractivity contribution in [3.63, 3.8) is 0 Å². The Bertz CT molecular complexity index is 866. The average Bonchev–Trinajstić information content (AvgIpc) is 3.47. The number of nitrogens with one attached hydrogen (secondary N) is 1. The van der Waals surface area contributed by atoms with E-state index in [2.05, 4.69) is 22.3 Å². The molecular weight excluding hydrogens is 392 g/mol. The van der Waals surface area contributed by atoms with Crippen molar-refractivity contribution in [2.45, 2.75) is 45.3 Å². The number of anilines is 1. The molecule has 1 saturated heterocycles. The fraction of sp³-hybridized carbons (Fsp3) is 0.480. The van der Waals surface area contributed by atoms with Gasteiger partial charge in [0.1, 0.15) is 17.2 Å². The maximum atomic E-state index is 11.1. The summed E-state index contributed by atoms with van der Waals surface area (Å²) in [4.78, 5) is 13.4. The van der Waals surface area contributed by atoms with E-state index in [1.54, 1.807) is 0 Å². The number of amides is 1. The Labute approximate surface area is 184 Å². The van der Waals surface area contributed by atoms with Crippen LogP contribution in [0.3, 0.4) is 0 Å². The first-order valence-corrected chi connectivity index (χ1v) is 11.2. The lowest BCUT2D eigenvalue weighted by molar-refractivity contribution is -0.120. The molecule has 0 bridgehead atoms. The molecule has 166 valence electrons. The fourth-order valence-electron chi connectivity index (χ4n) is 3.76. The van der Waals surface area contributed by atoms with Crippen LogP contribution in [0.5, 0.6) is 17.2 Å². The van der Waals surface area contributed by atoms with E-state index in [1.807, 2.05) is 43.3 Å². The Balaban J connectivity index is 1.25. The third-order valence-electron chi connectivity index (χ3n) is 5.60. The summed E-state index contributed by atoms with van der Waals surface area (Å²) in [7, 11) is 0. The maximum Gasteiger partial charge on any atom is 0.217 e. The summed E-state index contributed by atoms with van der Waals surface area (Å²) >= 11 is 0. The van der Waals surface area contributed by atoms with Crippen molar-refractivity contribution in [1.82, 2.24) is 5.32 Å². The fourth-order valence-corrected chi connectivity index (χ4v) is 3.76. The SMILES string of the molecule is CC(=O)NC(C)COC1CCN(c2ccc(Oc3cccc(OCC4CC4)c3)cc2)C1. The molecule has 0 radical (unpaired) electrons. The standard InChI is InChI=1S/C25H32N2O4/c1-18(26-19(2)28)16-29-25-12-13-27(15-25)21-8-10-22(11-9-21)31-24-5-3-4-23(14-24)30-17-20-6-7-20/h3-5,8-11,14,18,20,25H,6-7,12-13,15-17H2,1-2H3,(H,26,28). The molecule has 2 aromatic carbocycles. The van der Waals surface area contributed by atoms with Crippen LogP contribution >= 0.6 is 0 Å². The summed E-state index contributed by atoms with van der Waals surface area (Å²) in [5.74, 6) is 3.15. The first kappa shape index (κ1) is 21.5. The highest BCUT2D eigenvalue weighted by atomic mass is 16.5. The number of carbonyl (C=O) groups is 1. The van der Waals surface area contributed by atoms with Crippen LogP contribution in [0.2, 0.25) is 0 Å². The van der Waals surface area contributed by atoms with Gasteiger partial charge in [-0.1, -0.05) is 6.07 Å². The molecule has 1 amide bonds. The number of hydrogen-bond acceptors (Lipinski definition) is 5. The third-order valence-corrected chi connectivity index (χ3v) is 5.60. The summed E-state index contributed by atoms with van der Waals surface area (Å²) in [6.07, 6.45) is 3.73. The first-order valence-electron chi connectivity index (χ1n) is 11.2. The molecule has 2 atom stereocenters. The van der Waals surface area contributed by atoms with Crippen LogP contribution in [0.1, 0.15) is 33.1 Å². The molecule has 6 nitrogen and oxygen atoms in total. The van der Waals surface area contributed by atoms with Crippen molar-refractivity contribution < 1.29 is 19.0 Å². The van der Waals surface area contributed by atoms with Gasteiger partial charge in [-0.15, -0.1) is 0 Å². The Morgan fingerprint density at radius 3 is 2.61 bits per heavy atom. The average molecular weight is 425 g/mol. The summed E-state index contributed by atoms with van der Waals surface area (Å²) < 4.78 is 17.8. The second-order valence-corrected chi connectivity index (χ2v) is 8.62. The van der Waals surface area contributed by atoms with Gasteiger partial charge in [0.2, 0.25) is 5.91 Å². The second kappa shape index (κ2) is 10.1. The molecule has 2 fully saturated rings.